The van der Waals surface area contributed by atoms with Gasteiger partial charge in [0.25, 0.3) is 0 Å². The van der Waals surface area contributed by atoms with Crippen LogP contribution in [-0.4, -0.2) is 49.5 Å². The summed E-state index contributed by atoms with van der Waals surface area (Å²) in [4.78, 5) is 16.7. The Kier molecular flexibility index (Phi) is 5.28. The molecule has 4 nitrogen and oxygen atoms in total. The van der Waals surface area contributed by atoms with E-state index in [4.69, 9.17) is 4.74 Å². The highest BCUT2D eigenvalue weighted by molar-refractivity contribution is 5.82. The van der Waals surface area contributed by atoms with Crippen molar-refractivity contribution in [2.24, 2.45) is 0 Å². The van der Waals surface area contributed by atoms with Crippen molar-refractivity contribution in [3.8, 4) is 0 Å². The lowest BCUT2D eigenvalue weighted by Gasteiger charge is -2.38. The molecule has 2 atom stereocenters. The van der Waals surface area contributed by atoms with E-state index in [1.807, 2.05) is 62.6 Å². The average molecular weight is 324 g/mol. The lowest BCUT2D eigenvalue weighted by Crippen LogP contribution is -2.46. The largest absolute Gasteiger partial charge is 0.371 e. The van der Waals surface area contributed by atoms with Gasteiger partial charge in [-0.25, -0.2) is 0 Å². The molecule has 3 rings (SSSR count). The molecule has 1 aliphatic heterocycles. The second-order valence-corrected chi connectivity index (χ2v) is 6.31. The predicted octanol–water partition coefficient (Wildman–Crippen LogP) is 2.89. The van der Waals surface area contributed by atoms with Gasteiger partial charge in [0, 0.05) is 27.2 Å². The van der Waals surface area contributed by atoms with Crippen LogP contribution in [0.1, 0.15) is 23.3 Å². The number of hydrogen-bond acceptors (Lipinski definition) is 3. The van der Waals surface area contributed by atoms with Gasteiger partial charge < -0.3 is 9.64 Å². The molecular formula is C20H24N2O2. The molecule has 0 saturated carbocycles. The quantitative estimate of drug-likeness (QED) is 0.867. The number of nitrogens with zero attached hydrogens (tertiary/aromatic N) is 2. The van der Waals surface area contributed by atoms with Gasteiger partial charge >= 0.3 is 0 Å². The van der Waals surface area contributed by atoms with Crippen LogP contribution in [0.3, 0.4) is 0 Å². The monoisotopic (exact) mass is 324 g/mol. The SMILES string of the molecule is CN(C)C(=O)[C@@H](c1ccccc1)N1CCO[C@@H](c2ccccc2)C1. The van der Waals surface area contributed by atoms with E-state index in [2.05, 4.69) is 17.0 Å². The molecule has 0 radical (unpaired) electrons. The number of likely N-dealkylation sites (N-methyl/N-ethyl adjacent to an activating group) is 1. The topological polar surface area (TPSA) is 32.8 Å². The van der Waals surface area contributed by atoms with E-state index < -0.39 is 0 Å². The number of rotatable bonds is 4. The Morgan fingerprint density at radius 1 is 1.08 bits per heavy atom. The molecule has 1 heterocycles. The predicted molar refractivity (Wildman–Crippen MR) is 94.6 cm³/mol. The molecule has 0 aromatic heterocycles. The molecule has 0 bridgehead atoms. The molecule has 0 unspecified atom stereocenters. The summed E-state index contributed by atoms with van der Waals surface area (Å²) in [6.07, 6.45) is 0.00104. The van der Waals surface area contributed by atoms with Crippen LogP contribution in [0.25, 0.3) is 0 Å². The van der Waals surface area contributed by atoms with Crippen molar-refractivity contribution in [2.45, 2.75) is 12.1 Å². The first-order valence-electron chi connectivity index (χ1n) is 8.33. The van der Waals surface area contributed by atoms with Crippen LogP contribution in [0.15, 0.2) is 60.7 Å². The number of carbonyl (C=O) groups excluding carboxylic acids is 1. The summed E-state index contributed by atoms with van der Waals surface area (Å²) in [5.74, 6) is 0.106. The first kappa shape index (κ1) is 16.7. The van der Waals surface area contributed by atoms with E-state index in [-0.39, 0.29) is 18.1 Å². The first-order chi connectivity index (χ1) is 11.7. The smallest absolute Gasteiger partial charge is 0.244 e. The van der Waals surface area contributed by atoms with Crippen LogP contribution in [0.5, 0.6) is 0 Å². The number of hydrogen-bond donors (Lipinski definition) is 0. The molecule has 0 spiro atoms. The van der Waals surface area contributed by atoms with Gasteiger partial charge in [-0.3, -0.25) is 9.69 Å². The number of morpholine rings is 1. The molecule has 1 aliphatic rings. The van der Waals surface area contributed by atoms with Gasteiger partial charge in [0.05, 0.1) is 12.7 Å². The summed E-state index contributed by atoms with van der Waals surface area (Å²) < 4.78 is 5.95. The Morgan fingerprint density at radius 3 is 2.33 bits per heavy atom. The maximum Gasteiger partial charge on any atom is 0.244 e. The van der Waals surface area contributed by atoms with Gasteiger partial charge in [0.2, 0.25) is 5.91 Å². The summed E-state index contributed by atoms with van der Waals surface area (Å²) in [5.41, 5.74) is 2.19. The lowest BCUT2D eigenvalue weighted by atomic mass is 10.0. The van der Waals surface area contributed by atoms with E-state index in [0.29, 0.717) is 13.2 Å². The zero-order valence-electron chi connectivity index (χ0n) is 14.3. The summed E-state index contributed by atoms with van der Waals surface area (Å²) in [7, 11) is 3.63. The van der Waals surface area contributed by atoms with Crippen LogP contribution in [-0.2, 0) is 9.53 Å². The Labute approximate surface area is 143 Å². The minimum Gasteiger partial charge on any atom is -0.371 e. The maximum absolute atomic E-state index is 12.8. The highest BCUT2D eigenvalue weighted by Gasteiger charge is 2.33. The van der Waals surface area contributed by atoms with Gasteiger partial charge in [0.15, 0.2) is 0 Å². The Balaban J connectivity index is 1.86. The summed E-state index contributed by atoms with van der Waals surface area (Å²) in [6, 6.07) is 20.0. The van der Waals surface area contributed by atoms with Gasteiger partial charge in [-0.15, -0.1) is 0 Å². The van der Waals surface area contributed by atoms with Crippen molar-refractivity contribution in [1.29, 1.82) is 0 Å². The van der Waals surface area contributed by atoms with Crippen molar-refractivity contribution in [1.82, 2.24) is 9.80 Å². The fraction of sp³-hybridized carbons (Fsp3) is 0.350. The maximum atomic E-state index is 12.8. The second-order valence-electron chi connectivity index (χ2n) is 6.31. The van der Waals surface area contributed by atoms with E-state index >= 15 is 0 Å². The molecule has 0 N–H and O–H groups in total. The van der Waals surface area contributed by atoms with Gasteiger partial charge in [-0.05, 0) is 11.1 Å². The number of carbonyl (C=O) groups is 1. The summed E-state index contributed by atoms with van der Waals surface area (Å²) in [5, 5.41) is 0. The molecule has 4 heteroatoms. The van der Waals surface area contributed by atoms with Crippen molar-refractivity contribution >= 4 is 5.91 Å². The second kappa shape index (κ2) is 7.60. The molecule has 1 amide bonds. The summed E-state index contributed by atoms with van der Waals surface area (Å²) >= 11 is 0. The molecule has 2 aromatic carbocycles. The van der Waals surface area contributed by atoms with Gasteiger partial charge in [-0.1, -0.05) is 60.7 Å². The molecule has 24 heavy (non-hydrogen) atoms. The van der Waals surface area contributed by atoms with Crippen LogP contribution in [0.2, 0.25) is 0 Å². The molecular weight excluding hydrogens is 300 g/mol. The van der Waals surface area contributed by atoms with Gasteiger partial charge in [0.1, 0.15) is 6.04 Å². The molecule has 1 fully saturated rings. The Morgan fingerprint density at radius 2 is 1.71 bits per heavy atom. The summed E-state index contributed by atoms with van der Waals surface area (Å²) in [6.45, 7) is 2.09. The highest BCUT2D eigenvalue weighted by atomic mass is 16.5. The fourth-order valence-corrected chi connectivity index (χ4v) is 3.16. The number of ether oxygens (including phenoxy) is 1. The number of amides is 1. The zero-order valence-corrected chi connectivity index (χ0v) is 14.3. The Hall–Kier alpha value is -2.17. The first-order valence-corrected chi connectivity index (χ1v) is 8.33. The lowest BCUT2D eigenvalue weighted by molar-refractivity contribution is -0.138. The van der Waals surface area contributed by atoms with Crippen LogP contribution < -0.4 is 0 Å². The standard InChI is InChI=1S/C20H24N2O2/c1-21(2)20(23)19(17-11-7-4-8-12-17)22-13-14-24-18(15-22)16-9-5-3-6-10-16/h3-12,18-19H,13-15H2,1-2H3/t18-,19-/m1/s1. The molecule has 1 saturated heterocycles. The van der Waals surface area contributed by atoms with Crippen molar-refractivity contribution in [3.05, 3.63) is 71.8 Å². The van der Waals surface area contributed by atoms with Crippen LogP contribution >= 0.6 is 0 Å². The van der Waals surface area contributed by atoms with Crippen molar-refractivity contribution in [3.63, 3.8) is 0 Å². The zero-order chi connectivity index (χ0) is 16.9. The van der Waals surface area contributed by atoms with E-state index in [9.17, 15) is 4.79 Å². The van der Waals surface area contributed by atoms with Crippen molar-refractivity contribution in [2.75, 3.05) is 33.8 Å². The highest BCUT2D eigenvalue weighted by Crippen LogP contribution is 2.29. The van der Waals surface area contributed by atoms with E-state index in [1.165, 1.54) is 0 Å². The average Bonchev–Trinajstić information content (AvgIpc) is 2.64. The fourth-order valence-electron chi connectivity index (χ4n) is 3.16. The number of benzene rings is 2. The van der Waals surface area contributed by atoms with E-state index in [1.54, 1.807) is 4.90 Å². The third-order valence-corrected chi connectivity index (χ3v) is 4.42. The third kappa shape index (κ3) is 3.66. The van der Waals surface area contributed by atoms with E-state index in [0.717, 1.165) is 17.7 Å². The van der Waals surface area contributed by atoms with Crippen molar-refractivity contribution < 1.29 is 9.53 Å². The minimum atomic E-state index is -0.267. The Bertz CT molecular complexity index is 658. The molecule has 2 aromatic rings. The molecule has 0 aliphatic carbocycles. The van der Waals surface area contributed by atoms with Gasteiger partial charge in [-0.2, -0.15) is 0 Å². The minimum absolute atomic E-state index is 0.00104. The molecule has 126 valence electrons. The van der Waals surface area contributed by atoms with Crippen LogP contribution in [0.4, 0.5) is 0 Å². The van der Waals surface area contributed by atoms with Crippen LogP contribution in [0, 0.1) is 0 Å². The third-order valence-electron chi connectivity index (χ3n) is 4.42. The normalized spacial score (nSPS) is 19.7.